The Kier molecular flexibility index (Phi) is 3.23. The Morgan fingerprint density at radius 2 is 2.00 bits per heavy atom. The predicted octanol–water partition coefficient (Wildman–Crippen LogP) is 0.829. The highest BCUT2D eigenvalue weighted by atomic mass is 32.2. The van der Waals surface area contributed by atoms with Gasteiger partial charge in [-0.25, -0.2) is 12.8 Å². The minimum atomic E-state index is -3.10. The van der Waals surface area contributed by atoms with Gasteiger partial charge in [0.15, 0.2) is 9.84 Å². The van der Waals surface area contributed by atoms with E-state index >= 15 is 0 Å². The van der Waals surface area contributed by atoms with Crippen molar-refractivity contribution in [2.45, 2.75) is 12.3 Å². The number of benzene rings is 1. The highest BCUT2D eigenvalue weighted by Gasteiger charge is 2.09. The Morgan fingerprint density at radius 3 is 2.50 bits per heavy atom. The van der Waals surface area contributed by atoms with Gasteiger partial charge in [0.05, 0.1) is 5.75 Å². The van der Waals surface area contributed by atoms with Gasteiger partial charge in [-0.15, -0.1) is 0 Å². The quantitative estimate of drug-likeness (QED) is 0.815. The molecule has 0 saturated carbocycles. The largest absolute Gasteiger partial charge is 0.326 e. The fourth-order valence-corrected chi connectivity index (χ4v) is 2.05. The molecule has 0 bridgehead atoms. The topological polar surface area (TPSA) is 60.2 Å². The molecule has 0 aliphatic rings. The molecule has 78 valence electrons. The van der Waals surface area contributed by atoms with Gasteiger partial charge >= 0.3 is 0 Å². The van der Waals surface area contributed by atoms with Crippen LogP contribution >= 0.6 is 0 Å². The Hall–Kier alpha value is -0.940. The summed E-state index contributed by atoms with van der Waals surface area (Å²) in [5.41, 5.74) is 6.48. The molecule has 3 nitrogen and oxygen atoms in total. The normalized spacial score (nSPS) is 11.6. The number of hydrogen-bond donors (Lipinski definition) is 1. The first kappa shape index (κ1) is 11.1. The molecule has 0 amide bonds. The Labute approximate surface area is 82.7 Å². The van der Waals surface area contributed by atoms with Gasteiger partial charge in [-0.3, -0.25) is 0 Å². The SMILES string of the molecule is CS(=O)(=O)Cc1ccc(F)cc1CN. The van der Waals surface area contributed by atoms with Gasteiger partial charge in [-0.1, -0.05) is 6.07 Å². The number of sulfone groups is 1. The van der Waals surface area contributed by atoms with Crippen molar-refractivity contribution < 1.29 is 12.8 Å². The predicted molar refractivity (Wildman–Crippen MR) is 52.8 cm³/mol. The van der Waals surface area contributed by atoms with Crippen molar-refractivity contribution in [2.75, 3.05) is 6.26 Å². The van der Waals surface area contributed by atoms with E-state index in [0.717, 1.165) is 6.26 Å². The van der Waals surface area contributed by atoms with Crippen LogP contribution < -0.4 is 5.73 Å². The first-order chi connectivity index (χ1) is 6.42. The van der Waals surface area contributed by atoms with Gasteiger partial charge in [0.1, 0.15) is 5.82 Å². The van der Waals surface area contributed by atoms with Crippen molar-refractivity contribution in [3.63, 3.8) is 0 Å². The van der Waals surface area contributed by atoms with Crippen LogP contribution in [0.1, 0.15) is 11.1 Å². The maximum atomic E-state index is 12.8. The molecule has 0 aliphatic carbocycles. The summed E-state index contributed by atoms with van der Waals surface area (Å²) in [5, 5.41) is 0. The maximum Gasteiger partial charge on any atom is 0.151 e. The summed E-state index contributed by atoms with van der Waals surface area (Å²) in [4.78, 5) is 0. The second-order valence-corrected chi connectivity index (χ2v) is 5.33. The molecule has 0 fully saturated rings. The van der Waals surface area contributed by atoms with Crippen LogP contribution in [0.15, 0.2) is 18.2 Å². The monoisotopic (exact) mass is 217 g/mol. The Morgan fingerprint density at radius 1 is 1.36 bits per heavy atom. The van der Waals surface area contributed by atoms with E-state index in [-0.39, 0.29) is 12.3 Å². The van der Waals surface area contributed by atoms with Crippen molar-refractivity contribution in [3.05, 3.63) is 35.1 Å². The van der Waals surface area contributed by atoms with Crippen molar-refractivity contribution in [3.8, 4) is 0 Å². The zero-order chi connectivity index (χ0) is 10.8. The van der Waals surface area contributed by atoms with Gasteiger partial charge in [0.25, 0.3) is 0 Å². The summed E-state index contributed by atoms with van der Waals surface area (Å²) in [6, 6.07) is 3.96. The maximum absolute atomic E-state index is 12.8. The van der Waals surface area contributed by atoms with E-state index in [0.29, 0.717) is 11.1 Å². The van der Waals surface area contributed by atoms with E-state index in [1.165, 1.54) is 18.2 Å². The molecule has 1 rings (SSSR count). The smallest absolute Gasteiger partial charge is 0.151 e. The minimum Gasteiger partial charge on any atom is -0.326 e. The number of nitrogens with two attached hydrogens (primary N) is 1. The fourth-order valence-electron chi connectivity index (χ4n) is 1.21. The summed E-state index contributed by atoms with van der Waals surface area (Å²) in [5.74, 6) is -0.498. The molecule has 0 heterocycles. The lowest BCUT2D eigenvalue weighted by Crippen LogP contribution is -2.07. The molecular formula is C9H12FNO2S. The molecule has 0 radical (unpaired) electrons. The first-order valence-electron chi connectivity index (χ1n) is 4.07. The zero-order valence-corrected chi connectivity index (χ0v) is 8.64. The summed E-state index contributed by atoms with van der Waals surface area (Å²) in [6.07, 6.45) is 1.14. The van der Waals surface area contributed by atoms with Crippen molar-refractivity contribution >= 4 is 9.84 Å². The molecule has 5 heteroatoms. The number of hydrogen-bond acceptors (Lipinski definition) is 3. The third-order valence-electron chi connectivity index (χ3n) is 1.81. The molecule has 0 atom stereocenters. The van der Waals surface area contributed by atoms with E-state index in [4.69, 9.17) is 5.73 Å². The van der Waals surface area contributed by atoms with Crippen molar-refractivity contribution in [1.29, 1.82) is 0 Å². The van der Waals surface area contributed by atoms with Crippen molar-refractivity contribution in [1.82, 2.24) is 0 Å². The lowest BCUT2D eigenvalue weighted by Gasteiger charge is -2.06. The van der Waals surface area contributed by atoms with Crippen LogP contribution in [-0.2, 0) is 22.1 Å². The highest BCUT2D eigenvalue weighted by molar-refractivity contribution is 7.89. The van der Waals surface area contributed by atoms with E-state index in [1.807, 2.05) is 0 Å². The van der Waals surface area contributed by atoms with Crippen LogP contribution in [0.25, 0.3) is 0 Å². The lowest BCUT2D eigenvalue weighted by atomic mass is 10.1. The summed E-state index contributed by atoms with van der Waals surface area (Å²) in [6.45, 7) is 0.141. The average molecular weight is 217 g/mol. The Bertz CT molecular complexity index is 428. The third kappa shape index (κ3) is 3.08. The summed E-state index contributed by atoms with van der Waals surface area (Å²) in [7, 11) is -3.10. The van der Waals surface area contributed by atoms with E-state index in [9.17, 15) is 12.8 Å². The molecule has 0 aliphatic heterocycles. The van der Waals surface area contributed by atoms with Crippen LogP contribution in [0.4, 0.5) is 4.39 Å². The molecule has 0 unspecified atom stereocenters. The molecular weight excluding hydrogens is 205 g/mol. The summed E-state index contributed by atoms with van der Waals surface area (Å²) >= 11 is 0. The molecule has 1 aromatic rings. The van der Waals surface area contributed by atoms with Gasteiger partial charge in [0, 0.05) is 12.8 Å². The molecule has 0 aromatic heterocycles. The standard InChI is InChI=1S/C9H12FNO2S/c1-14(12,13)6-7-2-3-9(10)4-8(7)5-11/h2-4H,5-6,11H2,1H3. The van der Waals surface area contributed by atoms with Gasteiger partial charge in [-0.2, -0.15) is 0 Å². The second kappa shape index (κ2) is 4.06. The van der Waals surface area contributed by atoms with Gasteiger partial charge in [-0.05, 0) is 23.3 Å². The van der Waals surface area contributed by atoms with Crippen LogP contribution in [-0.4, -0.2) is 14.7 Å². The van der Waals surface area contributed by atoms with Gasteiger partial charge < -0.3 is 5.73 Å². The van der Waals surface area contributed by atoms with E-state index in [2.05, 4.69) is 0 Å². The number of rotatable bonds is 3. The lowest BCUT2D eigenvalue weighted by molar-refractivity contribution is 0.600. The molecule has 0 spiro atoms. The molecule has 2 N–H and O–H groups in total. The van der Waals surface area contributed by atoms with E-state index in [1.54, 1.807) is 0 Å². The highest BCUT2D eigenvalue weighted by Crippen LogP contribution is 2.13. The molecule has 0 saturated heterocycles. The molecule has 1 aromatic carbocycles. The fraction of sp³-hybridized carbons (Fsp3) is 0.333. The van der Waals surface area contributed by atoms with Crippen LogP contribution in [0.5, 0.6) is 0 Å². The number of halogens is 1. The van der Waals surface area contributed by atoms with E-state index < -0.39 is 15.7 Å². The average Bonchev–Trinajstić information content (AvgIpc) is 2.06. The van der Waals surface area contributed by atoms with Crippen LogP contribution in [0.2, 0.25) is 0 Å². The Balaban J connectivity index is 3.09. The zero-order valence-electron chi connectivity index (χ0n) is 7.83. The first-order valence-corrected chi connectivity index (χ1v) is 6.13. The van der Waals surface area contributed by atoms with Crippen molar-refractivity contribution in [2.24, 2.45) is 5.73 Å². The molecule has 14 heavy (non-hydrogen) atoms. The second-order valence-electron chi connectivity index (χ2n) is 3.19. The third-order valence-corrected chi connectivity index (χ3v) is 2.64. The summed E-state index contributed by atoms with van der Waals surface area (Å²) < 4.78 is 34.8. The van der Waals surface area contributed by atoms with Crippen LogP contribution in [0.3, 0.4) is 0 Å². The minimum absolute atomic E-state index is 0.0974. The van der Waals surface area contributed by atoms with Gasteiger partial charge in [0.2, 0.25) is 0 Å². The van der Waals surface area contributed by atoms with Crippen LogP contribution in [0, 0.1) is 5.82 Å².